The lowest BCUT2D eigenvalue weighted by molar-refractivity contribution is 0.174. The van der Waals surface area contributed by atoms with Crippen molar-refractivity contribution in [3.8, 4) is 23.3 Å². The topological polar surface area (TPSA) is 80.2 Å². The number of nitrogens with one attached hydrogen (secondary N) is 1. The van der Waals surface area contributed by atoms with Gasteiger partial charge in [-0.3, -0.25) is 0 Å². The van der Waals surface area contributed by atoms with Crippen LogP contribution in [0.3, 0.4) is 0 Å². The molecule has 25 heavy (non-hydrogen) atoms. The maximum atomic E-state index is 9.55. The number of H-pyrrole nitrogens is 1. The molecule has 1 aliphatic rings. The van der Waals surface area contributed by atoms with E-state index in [0.29, 0.717) is 39.2 Å². The van der Waals surface area contributed by atoms with Crippen molar-refractivity contribution in [1.82, 2.24) is 9.97 Å². The van der Waals surface area contributed by atoms with Gasteiger partial charge in [-0.15, -0.1) is 0 Å². The van der Waals surface area contributed by atoms with Gasteiger partial charge >= 0.3 is 0 Å². The standard InChI is InChI=1S/C18H12ClN3O3/c1-23-12-2-3-14-15(6-12)22-18(21-14)11(8-20)4-10-5-16-17(7-13(10)19)25-9-24-16/h2-7H,9H2,1H3,(H,21,22). The number of halogens is 1. The number of aromatic nitrogens is 2. The smallest absolute Gasteiger partial charge is 0.231 e. The highest BCUT2D eigenvalue weighted by Gasteiger charge is 2.17. The molecule has 0 spiro atoms. The molecule has 3 aromatic rings. The molecule has 0 amide bonds. The summed E-state index contributed by atoms with van der Waals surface area (Å²) in [6, 6.07) is 11.1. The van der Waals surface area contributed by atoms with Crippen molar-refractivity contribution in [3.63, 3.8) is 0 Å². The fourth-order valence-corrected chi connectivity index (χ4v) is 2.80. The molecule has 0 fully saturated rings. The molecule has 0 unspecified atom stereocenters. The molecule has 0 aliphatic carbocycles. The van der Waals surface area contributed by atoms with Gasteiger partial charge in [-0.25, -0.2) is 4.98 Å². The maximum Gasteiger partial charge on any atom is 0.231 e. The van der Waals surface area contributed by atoms with Gasteiger partial charge < -0.3 is 19.2 Å². The number of nitriles is 1. The number of hydrogen-bond donors (Lipinski definition) is 1. The van der Waals surface area contributed by atoms with E-state index in [1.165, 1.54) is 0 Å². The number of allylic oxidation sites excluding steroid dienone is 1. The van der Waals surface area contributed by atoms with Crippen LogP contribution in [0.4, 0.5) is 0 Å². The molecule has 0 bridgehead atoms. The van der Waals surface area contributed by atoms with Gasteiger partial charge in [0.15, 0.2) is 11.5 Å². The molecule has 2 aromatic carbocycles. The molecule has 7 heteroatoms. The molecule has 1 aliphatic heterocycles. The van der Waals surface area contributed by atoms with E-state index in [4.69, 9.17) is 25.8 Å². The van der Waals surface area contributed by atoms with Gasteiger partial charge in [-0.2, -0.15) is 5.26 Å². The molecule has 2 heterocycles. The van der Waals surface area contributed by atoms with Crippen LogP contribution in [0.1, 0.15) is 11.4 Å². The quantitative estimate of drug-likeness (QED) is 0.719. The Hall–Kier alpha value is -3.17. The summed E-state index contributed by atoms with van der Waals surface area (Å²) >= 11 is 6.28. The van der Waals surface area contributed by atoms with Gasteiger partial charge in [0.05, 0.1) is 28.7 Å². The zero-order valence-electron chi connectivity index (χ0n) is 13.2. The summed E-state index contributed by atoms with van der Waals surface area (Å²) in [6.07, 6.45) is 1.67. The molecule has 124 valence electrons. The Kier molecular flexibility index (Phi) is 3.71. The van der Waals surface area contributed by atoms with Crippen LogP contribution in [0.15, 0.2) is 30.3 Å². The summed E-state index contributed by atoms with van der Waals surface area (Å²) in [5.41, 5.74) is 2.54. The average Bonchev–Trinajstić information content (AvgIpc) is 3.24. The fourth-order valence-electron chi connectivity index (χ4n) is 2.60. The summed E-state index contributed by atoms with van der Waals surface area (Å²) in [4.78, 5) is 7.59. The summed E-state index contributed by atoms with van der Waals surface area (Å²) < 4.78 is 15.8. The Morgan fingerprint density at radius 3 is 2.88 bits per heavy atom. The normalized spacial score (nSPS) is 13.1. The number of aromatic amines is 1. The lowest BCUT2D eigenvalue weighted by Gasteiger charge is -2.02. The molecule has 0 atom stereocenters. The summed E-state index contributed by atoms with van der Waals surface area (Å²) in [5.74, 6) is 2.36. The molecule has 0 saturated carbocycles. The van der Waals surface area contributed by atoms with Gasteiger partial charge in [0, 0.05) is 12.1 Å². The number of fused-ring (bicyclic) bond motifs is 2. The highest BCUT2D eigenvalue weighted by molar-refractivity contribution is 6.32. The third kappa shape index (κ3) is 2.75. The highest BCUT2D eigenvalue weighted by Crippen LogP contribution is 2.38. The number of hydrogen-bond acceptors (Lipinski definition) is 5. The SMILES string of the molecule is COc1ccc2nc(C(C#N)=Cc3cc4c(cc3Cl)OCO4)[nH]c2c1. The highest BCUT2D eigenvalue weighted by atomic mass is 35.5. The molecule has 6 nitrogen and oxygen atoms in total. The van der Waals surface area contributed by atoms with Gasteiger partial charge in [0.25, 0.3) is 0 Å². The second-order valence-electron chi connectivity index (χ2n) is 5.37. The number of rotatable bonds is 3. The number of ether oxygens (including phenoxy) is 3. The van der Waals surface area contributed by atoms with E-state index >= 15 is 0 Å². The molecule has 1 N–H and O–H groups in total. The van der Waals surface area contributed by atoms with Crippen molar-refractivity contribution in [1.29, 1.82) is 5.26 Å². The molecular weight excluding hydrogens is 342 g/mol. The van der Waals surface area contributed by atoms with Crippen LogP contribution >= 0.6 is 11.6 Å². The lowest BCUT2D eigenvalue weighted by atomic mass is 10.1. The number of methoxy groups -OCH3 is 1. The first-order valence-corrected chi connectivity index (χ1v) is 7.81. The van der Waals surface area contributed by atoms with Gasteiger partial charge in [0.2, 0.25) is 6.79 Å². The monoisotopic (exact) mass is 353 g/mol. The molecular formula is C18H12ClN3O3. The van der Waals surface area contributed by atoms with Gasteiger partial charge in [-0.1, -0.05) is 11.6 Å². The zero-order chi connectivity index (χ0) is 17.4. The first-order chi connectivity index (χ1) is 12.2. The van der Waals surface area contributed by atoms with Gasteiger partial charge in [0.1, 0.15) is 17.6 Å². The third-order valence-corrected chi connectivity index (χ3v) is 4.18. The van der Waals surface area contributed by atoms with Crippen LogP contribution in [-0.4, -0.2) is 23.9 Å². The minimum absolute atomic E-state index is 0.162. The van der Waals surface area contributed by atoms with E-state index in [1.807, 2.05) is 18.2 Å². The fraction of sp³-hybridized carbons (Fsp3) is 0.111. The maximum absolute atomic E-state index is 9.55. The average molecular weight is 354 g/mol. The second-order valence-corrected chi connectivity index (χ2v) is 5.77. The predicted octanol–water partition coefficient (Wildman–Crippen LogP) is 4.02. The van der Waals surface area contributed by atoms with E-state index in [1.54, 1.807) is 25.3 Å². The Morgan fingerprint density at radius 1 is 1.32 bits per heavy atom. The van der Waals surface area contributed by atoms with E-state index in [9.17, 15) is 5.26 Å². The van der Waals surface area contributed by atoms with Crippen molar-refractivity contribution in [2.24, 2.45) is 0 Å². The Morgan fingerprint density at radius 2 is 2.12 bits per heavy atom. The van der Waals surface area contributed by atoms with E-state index < -0.39 is 0 Å². The summed E-state index contributed by atoms with van der Waals surface area (Å²) in [7, 11) is 1.60. The first kappa shape index (κ1) is 15.4. The lowest BCUT2D eigenvalue weighted by Crippen LogP contribution is -1.92. The summed E-state index contributed by atoms with van der Waals surface area (Å²) in [6.45, 7) is 0.162. The Bertz CT molecular complexity index is 1050. The van der Waals surface area contributed by atoms with E-state index in [2.05, 4.69) is 16.0 Å². The van der Waals surface area contributed by atoms with Crippen LogP contribution in [0.5, 0.6) is 17.2 Å². The second kappa shape index (κ2) is 6.04. The minimum Gasteiger partial charge on any atom is -0.497 e. The van der Waals surface area contributed by atoms with Crippen LogP contribution in [0, 0.1) is 11.3 Å². The minimum atomic E-state index is 0.162. The first-order valence-electron chi connectivity index (χ1n) is 7.43. The molecule has 0 radical (unpaired) electrons. The van der Waals surface area contributed by atoms with Crippen molar-refractivity contribution in [3.05, 3.63) is 46.7 Å². The predicted molar refractivity (Wildman–Crippen MR) is 93.7 cm³/mol. The van der Waals surface area contributed by atoms with E-state index in [0.717, 1.165) is 11.0 Å². The number of benzene rings is 2. The molecule has 4 rings (SSSR count). The van der Waals surface area contributed by atoms with Crippen LogP contribution in [-0.2, 0) is 0 Å². The largest absolute Gasteiger partial charge is 0.497 e. The number of nitrogens with zero attached hydrogens (tertiary/aromatic N) is 2. The van der Waals surface area contributed by atoms with Crippen molar-refractivity contribution in [2.45, 2.75) is 0 Å². The zero-order valence-corrected chi connectivity index (χ0v) is 13.9. The van der Waals surface area contributed by atoms with Crippen molar-refractivity contribution in [2.75, 3.05) is 13.9 Å². The van der Waals surface area contributed by atoms with Crippen LogP contribution in [0.25, 0.3) is 22.7 Å². The van der Waals surface area contributed by atoms with E-state index in [-0.39, 0.29) is 6.79 Å². The molecule has 0 saturated heterocycles. The third-order valence-electron chi connectivity index (χ3n) is 3.86. The molecule has 1 aromatic heterocycles. The summed E-state index contributed by atoms with van der Waals surface area (Å²) in [5, 5.41) is 10.0. The Labute approximate surface area is 148 Å². The Balaban J connectivity index is 1.78. The van der Waals surface area contributed by atoms with Crippen molar-refractivity contribution < 1.29 is 14.2 Å². The van der Waals surface area contributed by atoms with Gasteiger partial charge in [-0.05, 0) is 29.8 Å². The van der Waals surface area contributed by atoms with Crippen LogP contribution in [0.2, 0.25) is 5.02 Å². The van der Waals surface area contributed by atoms with Crippen molar-refractivity contribution >= 4 is 34.3 Å². The van der Waals surface area contributed by atoms with Crippen LogP contribution < -0.4 is 14.2 Å². The number of imidazole rings is 1.